The molecule has 0 amide bonds. The highest BCUT2D eigenvalue weighted by molar-refractivity contribution is 7.89. The van der Waals surface area contributed by atoms with Crippen LogP contribution < -0.4 is 15.8 Å². The number of nitrogens with two attached hydrogens (primary N) is 2. The van der Waals surface area contributed by atoms with Crippen molar-refractivity contribution in [2.45, 2.75) is 38.1 Å². The summed E-state index contributed by atoms with van der Waals surface area (Å²) in [5.74, 6) is 0. The summed E-state index contributed by atoms with van der Waals surface area (Å²) in [6.45, 7) is 7.10. The van der Waals surface area contributed by atoms with Gasteiger partial charge in [0.25, 0.3) is 0 Å². The molecule has 0 atom stereocenters. The molecular formula is C12H21N3O2S. The maximum atomic E-state index is 11.2. The van der Waals surface area contributed by atoms with Gasteiger partial charge in [0, 0.05) is 12.6 Å². The number of hydrogen-bond donors (Lipinski definition) is 2. The van der Waals surface area contributed by atoms with Crippen LogP contribution in [-0.2, 0) is 10.0 Å². The highest BCUT2D eigenvalue weighted by Crippen LogP contribution is 2.27. The molecule has 0 radical (unpaired) electrons. The van der Waals surface area contributed by atoms with Crippen molar-refractivity contribution in [3.05, 3.63) is 18.2 Å². The van der Waals surface area contributed by atoms with Crippen LogP contribution in [0.2, 0.25) is 0 Å². The van der Waals surface area contributed by atoms with Crippen molar-refractivity contribution in [3.63, 3.8) is 0 Å². The fourth-order valence-electron chi connectivity index (χ4n) is 1.87. The first kappa shape index (κ1) is 14.8. The number of nitrogens with zero attached hydrogens (tertiary/aromatic N) is 1. The molecule has 0 saturated carbocycles. The van der Waals surface area contributed by atoms with E-state index in [1.165, 1.54) is 12.1 Å². The average molecular weight is 271 g/mol. The third-order valence-electron chi connectivity index (χ3n) is 2.72. The summed E-state index contributed by atoms with van der Waals surface area (Å²) in [6, 6.07) is 4.92. The van der Waals surface area contributed by atoms with E-state index in [1.807, 2.05) is 0 Å². The van der Waals surface area contributed by atoms with Gasteiger partial charge < -0.3 is 10.6 Å². The van der Waals surface area contributed by atoms with E-state index in [1.54, 1.807) is 6.07 Å². The van der Waals surface area contributed by atoms with Crippen molar-refractivity contribution in [3.8, 4) is 0 Å². The number of hydrogen-bond acceptors (Lipinski definition) is 4. The maximum absolute atomic E-state index is 11.2. The Morgan fingerprint density at radius 2 is 1.94 bits per heavy atom. The third kappa shape index (κ3) is 3.36. The minimum atomic E-state index is -3.70. The van der Waals surface area contributed by atoms with Gasteiger partial charge in [0.1, 0.15) is 0 Å². The fourth-order valence-corrected chi connectivity index (χ4v) is 2.42. The van der Waals surface area contributed by atoms with Crippen LogP contribution >= 0.6 is 0 Å². The van der Waals surface area contributed by atoms with Crippen LogP contribution in [0.15, 0.2) is 23.1 Å². The van der Waals surface area contributed by atoms with E-state index in [4.69, 9.17) is 10.9 Å². The van der Waals surface area contributed by atoms with Crippen molar-refractivity contribution in [1.82, 2.24) is 0 Å². The van der Waals surface area contributed by atoms with E-state index in [2.05, 4.69) is 25.7 Å². The van der Waals surface area contributed by atoms with Crippen molar-refractivity contribution in [1.29, 1.82) is 0 Å². The molecule has 6 heteroatoms. The Balaban J connectivity index is 3.19. The molecule has 4 N–H and O–H groups in total. The summed E-state index contributed by atoms with van der Waals surface area (Å²) >= 11 is 0. The monoisotopic (exact) mass is 271 g/mol. The summed E-state index contributed by atoms with van der Waals surface area (Å²) in [6.07, 6.45) is 0.995. The lowest BCUT2D eigenvalue weighted by Crippen LogP contribution is -2.32. The van der Waals surface area contributed by atoms with Crippen LogP contribution in [0.5, 0.6) is 0 Å². The average Bonchev–Trinajstić information content (AvgIpc) is 2.24. The summed E-state index contributed by atoms with van der Waals surface area (Å²) in [5.41, 5.74) is 7.21. The van der Waals surface area contributed by atoms with Gasteiger partial charge in [-0.1, -0.05) is 6.92 Å². The zero-order valence-corrected chi connectivity index (χ0v) is 11.9. The predicted octanol–water partition coefficient (Wildman–Crippen LogP) is 1.54. The molecule has 0 aliphatic rings. The number of nitrogen functional groups attached to an aromatic ring is 1. The Kier molecular flexibility index (Phi) is 4.59. The van der Waals surface area contributed by atoms with Crippen molar-refractivity contribution in [2.75, 3.05) is 17.2 Å². The van der Waals surface area contributed by atoms with Crippen LogP contribution in [0.3, 0.4) is 0 Å². The summed E-state index contributed by atoms with van der Waals surface area (Å²) in [5, 5.41) is 5.07. The van der Waals surface area contributed by atoms with Crippen molar-refractivity contribution < 1.29 is 8.42 Å². The van der Waals surface area contributed by atoms with Gasteiger partial charge in [-0.25, -0.2) is 13.6 Å². The van der Waals surface area contributed by atoms with Crippen LogP contribution in [-0.4, -0.2) is 21.0 Å². The van der Waals surface area contributed by atoms with E-state index < -0.39 is 10.0 Å². The second kappa shape index (κ2) is 5.58. The number of rotatable bonds is 5. The van der Waals surface area contributed by atoms with Gasteiger partial charge in [0.2, 0.25) is 10.0 Å². The molecule has 1 aromatic rings. The molecule has 0 bridgehead atoms. The Hall–Kier alpha value is -1.27. The topological polar surface area (TPSA) is 89.4 Å². The fraction of sp³-hybridized carbons (Fsp3) is 0.500. The molecule has 0 saturated heterocycles. The van der Waals surface area contributed by atoms with Crippen molar-refractivity contribution in [2.24, 2.45) is 5.14 Å². The number of anilines is 2. The lowest BCUT2D eigenvalue weighted by Gasteiger charge is -2.30. The first-order chi connectivity index (χ1) is 8.27. The molecule has 0 fully saturated rings. The molecule has 5 nitrogen and oxygen atoms in total. The van der Waals surface area contributed by atoms with E-state index >= 15 is 0 Å². The normalized spacial score (nSPS) is 11.8. The van der Waals surface area contributed by atoms with E-state index in [-0.39, 0.29) is 4.90 Å². The molecule has 0 aliphatic heterocycles. The quantitative estimate of drug-likeness (QED) is 0.795. The zero-order chi connectivity index (χ0) is 13.9. The second-order valence-corrected chi connectivity index (χ2v) is 6.11. The minimum Gasteiger partial charge on any atom is -0.397 e. The molecular weight excluding hydrogens is 250 g/mol. The third-order valence-corrected chi connectivity index (χ3v) is 3.64. The molecule has 102 valence electrons. The number of benzene rings is 1. The van der Waals surface area contributed by atoms with Gasteiger partial charge in [-0.05, 0) is 38.5 Å². The van der Waals surface area contributed by atoms with Gasteiger partial charge in [-0.15, -0.1) is 0 Å². The molecule has 1 aromatic carbocycles. The van der Waals surface area contributed by atoms with Gasteiger partial charge in [0.15, 0.2) is 0 Å². The summed E-state index contributed by atoms with van der Waals surface area (Å²) < 4.78 is 22.5. The number of sulfonamides is 1. The first-order valence-corrected chi connectivity index (χ1v) is 7.51. The van der Waals surface area contributed by atoms with Crippen LogP contribution in [0.1, 0.15) is 27.2 Å². The standard InChI is InChI=1S/C12H21N3O2S/c1-4-7-15(9(2)3)12-6-5-10(8-11(12)13)18(14,16)17/h5-6,8-9H,4,7,13H2,1-3H3,(H2,14,16,17). The zero-order valence-electron chi connectivity index (χ0n) is 11.1. The SMILES string of the molecule is CCCN(c1ccc(S(N)(=O)=O)cc1N)C(C)C. The van der Waals surface area contributed by atoms with E-state index in [0.717, 1.165) is 18.7 Å². The Labute approximate surface area is 109 Å². The molecule has 1 rings (SSSR count). The van der Waals surface area contributed by atoms with Gasteiger partial charge in [-0.3, -0.25) is 0 Å². The predicted molar refractivity (Wildman–Crippen MR) is 75.0 cm³/mol. The summed E-state index contributed by atoms with van der Waals surface area (Å²) in [7, 11) is -3.70. The minimum absolute atomic E-state index is 0.0453. The number of primary sulfonamides is 1. The molecule has 18 heavy (non-hydrogen) atoms. The summed E-state index contributed by atoms with van der Waals surface area (Å²) in [4.78, 5) is 2.19. The molecule has 0 spiro atoms. The molecule has 0 aliphatic carbocycles. The van der Waals surface area contributed by atoms with Gasteiger partial charge >= 0.3 is 0 Å². The van der Waals surface area contributed by atoms with E-state index in [9.17, 15) is 8.42 Å². The highest BCUT2D eigenvalue weighted by atomic mass is 32.2. The lowest BCUT2D eigenvalue weighted by atomic mass is 10.2. The highest BCUT2D eigenvalue weighted by Gasteiger charge is 2.15. The van der Waals surface area contributed by atoms with Crippen molar-refractivity contribution >= 4 is 21.4 Å². The Morgan fingerprint density at radius 3 is 2.33 bits per heavy atom. The Bertz CT molecular complexity index is 512. The first-order valence-electron chi connectivity index (χ1n) is 5.96. The van der Waals surface area contributed by atoms with Crippen LogP contribution in [0, 0.1) is 0 Å². The van der Waals surface area contributed by atoms with Gasteiger partial charge in [-0.2, -0.15) is 0 Å². The van der Waals surface area contributed by atoms with E-state index in [0.29, 0.717) is 11.7 Å². The van der Waals surface area contributed by atoms with Crippen LogP contribution in [0.25, 0.3) is 0 Å². The van der Waals surface area contributed by atoms with Gasteiger partial charge in [0.05, 0.1) is 16.3 Å². The molecule has 0 aromatic heterocycles. The molecule has 0 unspecified atom stereocenters. The lowest BCUT2D eigenvalue weighted by molar-refractivity contribution is 0.598. The second-order valence-electron chi connectivity index (χ2n) is 4.55. The van der Waals surface area contributed by atoms with Crippen LogP contribution in [0.4, 0.5) is 11.4 Å². The maximum Gasteiger partial charge on any atom is 0.238 e. The smallest absolute Gasteiger partial charge is 0.238 e. The largest absolute Gasteiger partial charge is 0.397 e. The Morgan fingerprint density at radius 1 is 1.33 bits per heavy atom. The molecule has 0 heterocycles.